The summed E-state index contributed by atoms with van der Waals surface area (Å²) in [6, 6.07) is 3.87. The van der Waals surface area contributed by atoms with Crippen molar-refractivity contribution in [3.05, 3.63) is 24.3 Å². The molecule has 10 heteroatoms. The number of carbonyl (C=O) groups is 2. The van der Waals surface area contributed by atoms with Crippen LogP contribution >= 0.6 is 0 Å². The van der Waals surface area contributed by atoms with E-state index in [0.29, 0.717) is 0 Å². The molecule has 0 fully saturated rings. The fourth-order valence-electron chi connectivity index (χ4n) is 1.08. The van der Waals surface area contributed by atoms with E-state index in [9.17, 15) is 35.9 Å². The lowest BCUT2D eigenvalue weighted by Gasteiger charge is -2.11. The van der Waals surface area contributed by atoms with E-state index < -0.39 is 35.5 Å². The van der Waals surface area contributed by atoms with Crippen LogP contribution in [0.25, 0.3) is 0 Å². The third kappa shape index (κ3) is 4.44. The highest BCUT2D eigenvalue weighted by atomic mass is 19.4. The molecule has 0 bridgehead atoms. The van der Waals surface area contributed by atoms with Crippen molar-refractivity contribution in [2.45, 2.75) is 12.4 Å². The summed E-state index contributed by atoms with van der Waals surface area (Å²) in [5.41, 5.74) is -0.820. The second-order valence-corrected chi connectivity index (χ2v) is 3.48. The highest BCUT2D eigenvalue weighted by molar-refractivity contribution is 5.97. The Morgan fingerprint density at radius 2 is 1.15 bits per heavy atom. The van der Waals surface area contributed by atoms with Crippen LogP contribution < -0.4 is 10.6 Å². The van der Waals surface area contributed by atoms with Crippen LogP contribution in [-0.2, 0) is 9.59 Å². The number of hydrogen-bond acceptors (Lipinski definition) is 2. The Morgan fingerprint density at radius 1 is 0.800 bits per heavy atom. The number of nitrogens with one attached hydrogen (secondary N) is 2. The van der Waals surface area contributed by atoms with Gasteiger partial charge in [-0.3, -0.25) is 9.59 Å². The van der Waals surface area contributed by atoms with Crippen LogP contribution in [0.2, 0.25) is 0 Å². The van der Waals surface area contributed by atoms with E-state index >= 15 is 0 Å². The second kappa shape index (κ2) is 5.39. The number of rotatable bonds is 2. The molecule has 0 saturated carbocycles. The Hall–Kier alpha value is -2.26. The van der Waals surface area contributed by atoms with Gasteiger partial charge in [0, 0.05) is 11.4 Å². The van der Waals surface area contributed by atoms with Gasteiger partial charge < -0.3 is 10.6 Å². The van der Waals surface area contributed by atoms with Crippen molar-refractivity contribution in [3.63, 3.8) is 0 Å². The zero-order valence-corrected chi connectivity index (χ0v) is 9.39. The number of halogens is 6. The standard InChI is InChI=1S/C10H6F6N2O2/c11-9(12,13)7(19)17-5-2-1-3-6(4-5)18-8(20)10(14,15)16/h1-4H,(H,17,19)(H,18,20). The lowest BCUT2D eigenvalue weighted by atomic mass is 10.2. The van der Waals surface area contributed by atoms with Gasteiger partial charge in [0.1, 0.15) is 0 Å². The summed E-state index contributed by atoms with van der Waals surface area (Å²) in [6.07, 6.45) is -10.3. The lowest BCUT2D eigenvalue weighted by molar-refractivity contribution is -0.167. The van der Waals surface area contributed by atoms with Gasteiger partial charge in [-0.2, -0.15) is 26.3 Å². The molecule has 20 heavy (non-hydrogen) atoms. The topological polar surface area (TPSA) is 58.2 Å². The predicted molar refractivity (Wildman–Crippen MR) is 55.8 cm³/mol. The normalized spacial score (nSPS) is 11.9. The molecule has 0 aliphatic heterocycles. The molecule has 0 unspecified atom stereocenters. The molecule has 1 aromatic rings. The van der Waals surface area contributed by atoms with Gasteiger partial charge in [0.2, 0.25) is 0 Å². The zero-order valence-electron chi connectivity index (χ0n) is 9.39. The molecule has 0 saturated heterocycles. The summed E-state index contributed by atoms with van der Waals surface area (Å²) in [7, 11) is 0. The van der Waals surface area contributed by atoms with Crippen LogP contribution in [0.15, 0.2) is 24.3 Å². The van der Waals surface area contributed by atoms with E-state index in [-0.39, 0.29) is 0 Å². The van der Waals surface area contributed by atoms with Crippen molar-refractivity contribution in [2.24, 2.45) is 0 Å². The van der Waals surface area contributed by atoms with Crippen LogP contribution in [0.1, 0.15) is 0 Å². The van der Waals surface area contributed by atoms with E-state index in [1.54, 1.807) is 0 Å². The van der Waals surface area contributed by atoms with Gasteiger partial charge in [-0.25, -0.2) is 0 Å². The molecule has 0 atom stereocenters. The Bertz CT molecular complexity index is 480. The molecule has 0 aliphatic carbocycles. The molecule has 1 rings (SSSR count). The van der Waals surface area contributed by atoms with E-state index in [4.69, 9.17) is 0 Å². The maximum atomic E-state index is 12.0. The third-order valence-corrected chi connectivity index (χ3v) is 1.89. The second-order valence-electron chi connectivity index (χ2n) is 3.48. The fraction of sp³-hybridized carbons (Fsp3) is 0.200. The van der Waals surface area contributed by atoms with Crippen LogP contribution in [0.5, 0.6) is 0 Å². The van der Waals surface area contributed by atoms with Gasteiger partial charge in [-0.15, -0.1) is 0 Å². The molecule has 2 amide bonds. The Morgan fingerprint density at radius 3 is 1.45 bits per heavy atom. The Kier molecular flexibility index (Phi) is 4.26. The van der Waals surface area contributed by atoms with Crippen molar-refractivity contribution >= 4 is 23.2 Å². The number of alkyl halides is 6. The molecule has 0 spiro atoms. The van der Waals surface area contributed by atoms with E-state index in [2.05, 4.69) is 0 Å². The average molecular weight is 300 g/mol. The first-order valence-corrected chi connectivity index (χ1v) is 4.86. The van der Waals surface area contributed by atoms with Crippen LogP contribution in [0.4, 0.5) is 37.7 Å². The maximum Gasteiger partial charge on any atom is 0.471 e. The number of carbonyl (C=O) groups excluding carboxylic acids is 2. The Balaban J connectivity index is 2.82. The zero-order chi connectivity index (χ0) is 15.6. The average Bonchev–Trinajstić information content (AvgIpc) is 2.26. The van der Waals surface area contributed by atoms with Gasteiger partial charge in [0.25, 0.3) is 0 Å². The minimum Gasteiger partial charge on any atom is -0.318 e. The lowest BCUT2D eigenvalue weighted by Crippen LogP contribution is -2.30. The molecule has 0 radical (unpaired) electrons. The minimum atomic E-state index is -5.13. The van der Waals surface area contributed by atoms with Crippen LogP contribution in [0, 0.1) is 0 Å². The van der Waals surface area contributed by atoms with E-state index in [1.807, 2.05) is 0 Å². The first kappa shape index (κ1) is 15.8. The monoisotopic (exact) mass is 300 g/mol. The van der Waals surface area contributed by atoms with Gasteiger partial charge in [0.15, 0.2) is 0 Å². The first-order chi connectivity index (χ1) is 9.00. The predicted octanol–water partition coefficient (Wildman–Crippen LogP) is 2.69. The fourth-order valence-corrected chi connectivity index (χ4v) is 1.08. The summed E-state index contributed by atoms with van der Waals surface area (Å²) in [5, 5.41) is 2.88. The third-order valence-electron chi connectivity index (χ3n) is 1.89. The van der Waals surface area contributed by atoms with Gasteiger partial charge in [-0.05, 0) is 18.2 Å². The van der Waals surface area contributed by atoms with Crippen LogP contribution in [-0.4, -0.2) is 24.2 Å². The van der Waals surface area contributed by atoms with Crippen molar-refractivity contribution in [1.82, 2.24) is 0 Å². The summed E-state index contributed by atoms with van der Waals surface area (Å²) in [6.45, 7) is 0. The highest BCUT2D eigenvalue weighted by Crippen LogP contribution is 2.22. The molecule has 1 aromatic carbocycles. The van der Waals surface area contributed by atoms with Gasteiger partial charge in [-0.1, -0.05) is 6.07 Å². The maximum absolute atomic E-state index is 12.0. The molecule has 0 aliphatic rings. The minimum absolute atomic E-state index is 0.410. The first-order valence-electron chi connectivity index (χ1n) is 4.86. The highest BCUT2D eigenvalue weighted by Gasteiger charge is 2.39. The molecule has 0 aromatic heterocycles. The van der Waals surface area contributed by atoms with Crippen molar-refractivity contribution in [1.29, 1.82) is 0 Å². The van der Waals surface area contributed by atoms with Crippen molar-refractivity contribution < 1.29 is 35.9 Å². The summed E-state index contributed by atoms with van der Waals surface area (Å²) in [5.74, 6) is -4.56. The SMILES string of the molecule is O=C(Nc1cccc(NC(=O)C(F)(F)F)c1)C(F)(F)F. The molecular formula is C10H6F6N2O2. The summed E-state index contributed by atoms with van der Waals surface area (Å²) in [4.78, 5) is 21.2. The molecule has 4 nitrogen and oxygen atoms in total. The quantitative estimate of drug-likeness (QED) is 0.825. The number of hydrogen-bond donors (Lipinski definition) is 2. The number of anilines is 2. The van der Waals surface area contributed by atoms with Crippen LogP contribution in [0.3, 0.4) is 0 Å². The van der Waals surface area contributed by atoms with E-state index in [1.165, 1.54) is 10.6 Å². The van der Waals surface area contributed by atoms with Gasteiger partial charge in [0.05, 0.1) is 0 Å². The Labute approximate surface area is 107 Å². The van der Waals surface area contributed by atoms with Crippen molar-refractivity contribution in [2.75, 3.05) is 10.6 Å². The van der Waals surface area contributed by atoms with Crippen molar-refractivity contribution in [3.8, 4) is 0 Å². The van der Waals surface area contributed by atoms with Gasteiger partial charge >= 0.3 is 24.2 Å². The summed E-state index contributed by atoms with van der Waals surface area (Å²) < 4.78 is 71.8. The number of benzene rings is 1. The summed E-state index contributed by atoms with van der Waals surface area (Å²) >= 11 is 0. The molecule has 0 heterocycles. The largest absolute Gasteiger partial charge is 0.471 e. The molecule has 110 valence electrons. The molecule has 2 N–H and O–H groups in total. The number of amides is 2. The smallest absolute Gasteiger partial charge is 0.318 e. The van der Waals surface area contributed by atoms with E-state index in [0.717, 1.165) is 24.3 Å². The molecular weight excluding hydrogens is 294 g/mol.